The molecule has 1 amide bonds. The lowest BCUT2D eigenvalue weighted by atomic mass is 10.2. The summed E-state index contributed by atoms with van der Waals surface area (Å²) in [7, 11) is 1.87. The van der Waals surface area contributed by atoms with Gasteiger partial charge in [0, 0.05) is 17.5 Å². The molecule has 2 rings (SSSR count). The Balaban J connectivity index is 2.63. The van der Waals surface area contributed by atoms with Crippen LogP contribution in [-0.2, 0) is 7.05 Å². The standard InChI is InChI=1S/C10H9N5O/c1-6-12-8-4-3-7(10(16)13-14-11)5-9(8)15(6)2/h3-5H,1-2H3. The van der Waals surface area contributed by atoms with E-state index in [4.69, 9.17) is 5.53 Å². The fourth-order valence-corrected chi connectivity index (χ4v) is 1.54. The van der Waals surface area contributed by atoms with Crippen LogP contribution in [0.15, 0.2) is 23.3 Å². The Kier molecular flexibility index (Phi) is 2.34. The molecule has 0 atom stereocenters. The van der Waals surface area contributed by atoms with Gasteiger partial charge >= 0.3 is 0 Å². The molecule has 1 aromatic heterocycles. The minimum Gasteiger partial charge on any atom is -0.331 e. The zero-order chi connectivity index (χ0) is 11.7. The van der Waals surface area contributed by atoms with E-state index in [9.17, 15) is 4.79 Å². The number of nitrogens with zero attached hydrogens (tertiary/aromatic N) is 5. The number of rotatable bonds is 1. The van der Waals surface area contributed by atoms with Crippen molar-refractivity contribution in [3.8, 4) is 0 Å². The normalized spacial score (nSPS) is 10.1. The van der Waals surface area contributed by atoms with Crippen molar-refractivity contribution in [1.82, 2.24) is 9.55 Å². The van der Waals surface area contributed by atoms with E-state index in [1.165, 1.54) is 0 Å². The largest absolute Gasteiger partial charge is 0.331 e. The molecule has 80 valence electrons. The summed E-state index contributed by atoms with van der Waals surface area (Å²) in [6.07, 6.45) is 0. The van der Waals surface area contributed by atoms with Crippen molar-refractivity contribution in [1.29, 1.82) is 0 Å². The van der Waals surface area contributed by atoms with Crippen LogP contribution in [0.2, 0.25) is 0 Å². The molecule has 0 spiro atoms. The Labute approximate surface area is 91.1 Å². The minimum atomic E-state index is -0.580. The first-order valence-electron chi connectivity index (χ1n) is 4.66. The molecule has 0 aliphatic carbocycles. The van der Waals surface area contributed by atoms with Gasteiger partial charge < -0.3 is 4.57 Å². The Bertz CT molecular complexity index is 621. The van der Waals surface area contributed by atoms with Crippen molar-refractivity contribution in [3.63, 3.8) is 0 Å². The highest BCUT2D eigenvalue weighted by molar-refractivity contribution is 5.97. The van der Waals surface area contributed by atoms with Gasteiger partial charge in [0.25, 0.3) is 0 Å². The Morgan fingerprint density at radius 3 is 3.00 bits per heavy atom. The molecule has 0 unspecified atom stereocenters. The lowest BCUT2D eigenvalue weighted by Crippen LogP contribution is -1.95. The van der Waals surface area contributed by atoms with Crippen molar-refractivity contribution in [2.24, 2.45) is 12.2 Å². The molecule has 0 fully saturated rings. The van der Waals surface area contributed by atoms with Gasteiger partial charge in [-0.15, -0.1) is 0 Å². The number of aryl methyl sites for hydroxylation is 2. The summed E-state index contributed by atoms with van der Waals surface area (Å²) in [6, 6.07) is 5.01. The molecule has 0 N–H and O–H groups in total. The number of fused-ring (bicyclic) bond motifs is 1. The van der Waals surface area contributed by atoms with Crippen molar-refractivity contribution >= 4 is 16.9 Å². The molecule has 6 nitrogen and oxygen atoms in total. The number of hydrogen-bond donors (Lipinski definition) is 0. The van der Waals surface area contributed by atoms with Gasteiger partial charge in [0.2, 0.25) is 5.91 Å². The lowest BCUT2D eigenvalue weighted by Gasteiger charge is -1.98. The highest BCUT2D eigenvalue weighted by atomic mass is 16.1. The topological polar surface area (TPSA) is 83.7 Å². The van der Waals surface area contributed by atoms with E-state index in [-0.39, 0.29) is 0 Å². The maximum atomic E-state index is 11.4. The summed E-state index contributed by atoms with van der Waals surface area (Å²) in [4.78, 5) is 18.1. The summed E-state index contributed by atoms with van der Waals surface area (Å²) in [5.41, 5.74) is 10.2. The van der Waals surface area contributed by atoms with Crippen molar-refractivity contribution in [3.05, 3.63) is 40.0 Å². The zero-order valence-corrected chi connectivity index (χ0v) is 8.88. The van der Waals surface area contributed by atoms with E-state index in [2.05, 4.69) is 15.0 Å². The third-order valence-electron chi connectivity index (χ3n) is 2.49. The van der Waals surface area contributed by atoms with Gasteiger partial charge in [-0.05, 0) is 35.8 Å². The first kappa shape index (κ1) is 10.2. The number of carbonyl (C=O) groups excluding carboxylic acids is 1. The molecule has 1 aromatic carbocycles. The quantitative estimate of drug-likeness (QED) is 0.415. The maximum Gasteiger partial charge on any atom is 0.249 e. The smallest absolute Gasteiger partial charge is 0.249 e. The van der Waals surface area contributed by atoms with Gasteiger partial charge in [-0.2, -0.15) is 0 Å². The van der Waals surface area contributed by atoms with Crippen LogP contribution < -0.4 is 0 Å². The average Bonchev–Trinajstić information content (AvgIpc) is 2.55. The van der Waals surface area contributed by atoms with Crippen molar-refractivity contribution < 1.29 is 4.79 Å². The summed E-state index contributed by atoms with van der Waals surface area (Å²) in [5.74, 6) is 0.284. The van der Waals surface area contributed by atoms with Crippen LogP contribution in [0.1, 0.15) is 16.2 Å². The molecule has 2 aromatic rings. The second-order valence-electron chi connectivity index (χ2n) is 3.42. The number of benzene rings is 1. The summed E-state index contributed by atoms with van der Waals surface area (Å²) in [5, 5.41) is 3.05. The van der Waals surface area contributed by atoms with Gasteiger partial charge in [0.15, 0.2) is 0 Å². The van der Waals surface area contributed by atoms with Crippen LogP contribution in [0.4, 0.5) is 0 Å². The van der Waals surface area contributed by atoms with Crippen LogP contribution in [0.3, 0.4) is 0 Å². The van der Waals surface area contributed by atoms with Gasteiger partial charge in [0.05, 0.1) is 11.0 Å². The molecule has 0 aliphatic rings. The average molecular weight is 215 g/mol. The Morgan fingerprint density at radius 2 is 2.31 bits per heavy atom. The first-order valence-corrected chi connectivity index (χ1v) is 4.66. The van der Waals surface area contributed by atoms with E-state index < -0.39 is 5.91 Å². The SMILES string of the molecule is Cc1nc2ccc(C(=O)N=[N+]=[N-])cc2n1C. The van der Waals surface area contributed by atoms with E-state index in [1.807, 2.05) is 18.5 Å². The number of amides is 1. The van der Waals surface area contributed by atoms with Crippen molar-refractivity contribution in [2.75, 3.05) is 0 Å². The third kappa shape index (κ3) is 1.51. The third-order valence-corrected chi connectivity index (χ3v) is 2.49. The first-order chi connectivity index (χ1) is 7.63. The number of aromatic nitrogens is 2. The molecule has 6 heteroatoms. The molecular weight excluding hydrogens is 206 g/mol. The molecular formula is C10H9N5O. The fourth-order valence-electron chi connectivity index (χ4n) is 1.54. The van der Waals surface area contributed by atoms with Crippen molar-refractivity contribution in [2.45, 2.75) is 6.92 Å². The van der Waals surface area contributed by atoms with E-state index in [0.29, 0.717) is 5.56 Å². The fraction of sp³-hybridized carbons (Fsp3) is 0.200. The molecule has 0 radical (unpaired) electrons. The molecule has 1 heterocycles. The highest BCUT2D eigenvalue weighted by Gasteiger charge is 2.08. The number of imidazole rings is 1. The van der Waals surface area contributed by atoms with Crippen LogP contribution in [0.25, 0.3) is 21.5 Å². The van der Waals surface area contributed by atoms with Crippen LogP contribution in [0.5, 0.6) is 0 Å². The summed E-state index contributed by atoms with van der Waals surface area (Å²) < 4.78 is 1.88. The van der Waals surface area contributed by atoms with Gasteiger partial charge in [-0.3, -0.25) is 4.79 Å². The number of azide groups is 1. The van der Waals surface area contributed by atoms with Crippen LogP contribution in [-0.4, -0.2) is 15.5 Å². The molecule has 16 heavy (non-hydrogen) atoms. The van der Waals surface area contributed by atoms with Crippen LogP contribution in [0, 0.1) is 6.92 Å². The maximum absolute atomic E-state index is 11.4. The lowest BCUT2D eigenvalue weighted by molar-refractivity contribution is 0.100. The Hall–Kier alpha value is -2.33. The molecule has 0 aliphatic heterocycles. The Morgan fingerprint density at radius 1 is 1.56 bits per heavy atom. The van der Waals surface area contributed by atoms with E-state index in [1.54, 1.807) is 18.2 Å². The summed E-state index contributed by atoms with van der Waals surface area (Å²) >= 11 is 0. The number of carbonyl (C=O) groups is 1. The summed E-state index contributed by atoms with van der Waals surface area (Å²) in [6.45, 7) is 1.88. The zero-order valence-electron chi connectivity index (χ0n) is 8.88. The van der Waals surface area contributed by atoms with Crippen LogP contribution >= 0.6 is 0 Å². The monoisotopic (exact) mass is 215 g/mol. The predicted octanol–water partition coefficient (Wildman–Crippen LogP) is 2.33. The molecule has 0 saturated carbocycles. The highest BCUT2D eigenvalue weighted by Crippen LogP contribution is 2.16. The molecule has 0 saturated heterocycles. The number of hydrogen-bond acceptors (Lipinski definition) is 2. The minimum absolute atomic E-state index is 0.369. The van der Waals surface area contributed by atoms with Gasteiger partial charge in [0.1, 0.15) is 5.82 Å². The van der Waals surface area contributed by atoms with E-state index >= 15 is 0 Å². The second kappa shape index (κ2) is 3.67. The van der Waals surface area contributed by atoms with Gasteiger partial charge in [-0.1, -0.05) is 0 Å². The second-order valence-corrected chi connectivity index (χ2v) is 3.42. The van der Waals surface area contributed by atoms with E-state index in [0.717, 1.165) is 16.9 Å². The molecule has 0 bridgehead atoms. The predicted molar refractivity (Wildman–Crippen MR) is 58.9 cm³/mol. The van der Waals surface area contributed by atoms with Gasteiger partial charge in [-0.25, -0.2) is 4.98 Å².